The molecule has 1 N–H and O–H groups in total. The Labute approximate surface area is 146 Å². The van der Waals surface area contributed by atoms with E-state index in [-0.39, 0.29) is 5.82 Å². The number of halogens is 1. The summed E-state index contributed by atoms with van der Waals surface area (Å²) in [5, 5.41) is 2.97. The lowest BCUT2D eigenvalue weighted by atomic mass is 10.2. The normalized spacial score (nSPS) is 10.5. The molecule has 1 heterocycles. The molecule has 5 heteroatoms. The van der Waals surface area contributed by atoms with Crippen LogP contribution in [0, 0.1) is 5.82 Å². The van der Waals surface area contributed by atoms with Gasteiger partial charge in [0, 0.05) is 12.1 Å². The first-order valence-corrected chi connectivity index (χ1v) is 7.98. The van der Waals surface area contributed by atoms with Gasteiger partial charge in [-0.15, -0.1) is 0 Å². The van der Waals surface area contributed by atoms with Gasteiger partial charge in [-0.2, -0.15) is 0 Å². The molecule has 1 aromatic heterocycles. The van der Waals surface area contributed by atoms with E-state index in [9.17, 15) is 4.39 Å². The van der Waals surface area contributed by atoms with Crippen molar-refractivity contribution < 1.29 is 13.9 Å². The van der Waals surface area contributed by atoms with E-state index in [1.807, 2.05) is 42.5 Å². The standard InChI is InChI=1S/C20H19FN2O2/c1-22-12-16-11-17(21)13-23-20(16)25-19-9-7-18(8-10-19)24-14-15-5-3-2-4-6-15/h2-11,13,22H,12,14H2,1H3. The molecule has 0 fully saturated rings. The van der Waals surface area contributed by atoms with E-state index < -0.39 is 0 Å². The van der Waals surface area contributed by atoms with Crippen LogP contribution < -0.4 is 14.8 Å². The maximum absolute atomic E-state index is 13.3. The fourth-order valence-electron chi connectivity index (χ4n) is 2.33. The Balaban J connectivity index is 1.65. The number of nitrogens with one attached hydrogen (secondary N) is 1. The molecule has 0 atom stereocenters. The monoisotopic (exact) mass is 338 g/mol. The number of rotatable bonds is 7. The third-order valence-electron chi connectivity index (χ3n) is 3.55. The summed E-state index contributed by atoms with van der Waals surface area (Å²) < 4.78 is 24.8. The van der Waals surface area contributed by atoms with Gasteiger partial charge in [0.15, 0.2) is 0 Å². The second kappa shape index (κ2) is 8.26. The van der Waals surface area contributed by atoms with Crippen molar-refractivity contribution in [2.24, 2.45) is 0 Å². The topological polar surface area (TPSA) is 43.4 Å². The molecule has 0 amide bonds. The number of aromatic nitrogens is 1. The maximum Gasteiger partial charge on any atom is 0.223 e. The molecule has 128 valence electrons. The fourth-order valence-corrected chi connectivity index (χ4v) is 2.33. The average Bonchev–Trinajstić information content (AvgIpc) is 2.64. The lowest BCUT2D eigenvalue weighted by molar-refractivity contribution is 0.305. The van der Waals surface area contributed by atoms with Crippen LogP contribution in [0.1, 0.15) is 11.1 Å². The predicted octanol–water partition coefficient (Wildman–Crippen LogP) is 4.31. The van der Waals surface area contributed by atoms with Crippen molar-refractivity contribution >= 4 is 0 Å². The van der Waals surface area contributed by atoms with Crippen LogP contribution in [0.2, 0.25) is 0 Å². The number of hydrogen-bond donors (Lipinski definition) is 1. The van der Waals surface area contributed by atoms with Crippen LogP contribution in [0.3, 0.4) is 0 Å². The molecular weight excluding hydrogens is 319 g/mol. The Morgan fingerprint density at radius 1 is 1.00 bits per heavy atom. The first-order valence-electron chi connectivity index (χ1n) is 7.98. The van der Waals surface area contributed by atoms with Crippen LogP contribution in [-0.2, 0) is 13.2 Å². The average molecular weight is 338 g/mol. The molecule has 0 unspecified atom stereocenters. The van der Waals surface area contributed by atoms with Crippen molar-refractivity contribution in [3.63, 3.8) is 0 Å². The highest BCUT2D eigenvalue weighted by molar-refractivity contribution is 5.36. The fraction of sp³-hybridized carbons (Fsp3) is 0.150. The molecule has 0 radical (unpaired) electrons. The van der Waals surface area contributed by atoms with Gasteiger partial charge in [0.1, 0.15) is 23.9 Å². The smallest absolute Gasteiger partial charge is 0.223 e. The third-order valence-corrected chi connectivity index (χ3v) is 3.55. The summed E-state index contributed by atoms with van der Waals surface area (Å²) in [6.45, 7) is 0.977. The van der Waals surface area contributed by atoms with Crippen molar-refractivity contribution in [1.29, 1.82) is 0 Å². The SMILES string of the molecule is CNCc1cc(F)cnc1Oc1ccc(OCc2ccccc2)cc1. The summed E-state index contributed by atoms with van der Waals surface area (Å²) in [6, 6.07) is 18.6. The Bertz CT molecular complexity index is 808. The molecule has 0 saturated heterocycles. The minimum absolute atomic E-state index is 0.383. The zero-order valence-electron chi connectivity index (χ0n) is 13.9. The summed E-state index contributed by atoms with van der Waals surface area (Å²) in [5.41, 5.74) is 1.77. The van der Waals surface area contributed by atoms with Crippen LogP contribution in [0.25, 0.3) is 0 Å². The number of hydrogen-bond acceptors (Lipinski definition) is 4. The lowest BCUT2D eigenvalue weighted by Crippen LogP contribution is -2.07. The third kappa shape index (κ3) is 4.78. The van der Waals surface area contributed by atoms with Gasteiger partial charge < -0.3 is 14.8 Å². The molecule has 3 rings (SSSR count). The van der Waals surface area contributed by atoms with Gasteiger partial charge in [-0.25, -0.2) is 9.37 Å². The van der Waals surface area contributed by atoms with Crippen molar-refractivity contribution in [2.45, 2.75) is 13.2 Å². The Hall–Kier alpha value is -2.92. The predicted molar refractivity (Wildman–Crippen MR) is 94.2 cm³/mol. The maximum atomic E-state index is 13.3. The molecule has 3 aromatic rings. The van der Waals surface area contributed by atoms with E-state index in [0.717, 1.165) is 17.5 Å². The molecule has 0 aliphatic rings. The van der Waals surface area contributed by atoms with Gasteiger partial charge in [0.05, 0.1) is 6.20 Å². The van der Waals surface area contributed by atoms with Gasteiger partial charge in [-0.1, -0.05) is 30.3 Å². The number of nitrogens with zero attached hydrogens (tertiary/aromatic N) is 1. The lowest BCUT2D eigenvalue weighted by Gasteiger charge is -2.11. The quantitative estimate of drug-likeness (QED) is 0.697. The number of pyridine rings is 1. The summed E-state index contributed by atoms with van der Waals surface area (Å²) in [6.07, 6.45) is 1.14. The molecule has 0 aliphatic heterocycles. The molecular formula is C20H19FN2O2. The van der Waals surface area contributed by atoms with Gasteiger partial charge in [0.25, 0.3) is 0 Å². The van der Waals surface area contributed by atoms with E-state index in [4.69, 9.17) is 9.47 Å². The number of benzene rings is 2. The second-order valence-corrected chi connectivity index (χ2v) is 5.50. The van der Waals surface area contributed by atoms with E-state index in [2.05, 4.69) is 10.3 Å². The summed E-state index contributed by atoms with van der Waals surface area (Å²) in [5.74, 6) is 1.36. The summed E-state index contributed by atoms with van der Waals surface area (Å²) >= 11 is 0. The minimum Gasteiger partial charge on any atom is -0.489 e. The van der Waals surface area contributed by atoms with E-state index in [1.54, 1.807) is 19.2 Å². The molecule has 0 spiro atoms. The molecule has 0 saturated carbocycles. The largest absolute Gasteiger partial charge is 0.489 e. The van der Waals surface area contributed by atoms with E-state index >= 15 is 0 Å². The summed E-state index contributed by atoms with van der Waals surface area (Å²) in [4.78, 5) is 4.02. The van der Waals surface area contributed by atoms with E-state index in [1.165, 1.54) is 6.07 Å². The highest BCUT2D eigenvalue weighted by atomic mass is 19.1. The van der Waals surface area contributed by atoms with Crippen LogP contribution >= 0.6 is 0 Å². The zero-order chi connectivity index (χ0) is 17.5. The van der Waals surface area contributed by atoms with Crippen LogP contribution in [0.5, 0.6) is 17.4 Å². The van der Waals surface area contributed by atoms with Gasteiger partial charge in [-0.3, -0.25) is 0 Å². The van der Waals surface area contributed by atoms with Crippen molar-refractivity contribution in [1.82, 2.24) is 10.3 Å². The molecule has 4 nitrogen and oxygen atoms in total. The Morgan fingerprint density at radius 3 is 2.44 bits per heavy atom. The van der Waals surface area contributed by atoms with Crippen LogP contribution in [0.4, 0.5) is 4.39 Å². The molecule has 0 aliphatic carbocycles. The molecule has 25 heavy (non-hydrogen) atoms. The van der Waals surface area contributed by atoms with Crippen molar-refractivity contribution in [2.75, 3.05) is 7.05 Å². The zero-order valence-corrected chi connectivity index (χ0v) is 13.9. The highest BCUT2D eigenvalue weighted by Gasteiger charge is 2.08. The highest BCUT2D eigenvalue weighted by Crippen LogP contribution is 2.26. The van der Waals surface area contributed by atoms with Crippen LogP contribution in [-0.4, -0.2) is 12.0 Å². The van der Waals surface area contributed by atoms with Gasteiger partial charge in [-0.05, 0) is 42.9 Å². The molecule has 0 bridgehead atoms. The number of ether oxygens (including phenoxy) is 2. The van der Waals surface area contributed by atoms with Gasteiger partial charge in [0.2, 0.25) is 5.88 Å². The first kappa shape index (κ1) is 16.9. The Morgan fingerprint density at radius 2 is 1.72 bits per heavy atom. The van der Waals surface area contributed by atoms with Crippen molar-refractivity contribution in [3.8, 4) is 17.4 Å². The first-order chi connectivity index (χ1) is 12.2. The molecule has 2 aromatic carbocycles. The van der Waals surface area contributed by atoms with Crippen molar-refractivity contribution in [3.05, 3.63) is 83.8 Å². The van der Waals surface area contributed by atoms with Gasteiger partial charge >= 0.3 is 0 Å². The second-order valence-electron chi connectivity index (χ2n) is 5.50. The minimum atomic E-state index is -0.387. The van der Waals surface area contributed by atoms with E-state index in [0.29, 0.717) is 30.3 Å². The Kier molecular flexibility index (Phi) is 5.59. The summed E-state index contributed by atoms with van der Waals surface area (Å²) in [7, 11) is 1.79. The van der Waals surface area contributed by atoms with Crippen LogP contribution in [0.15, 0.2) is 66.9 Å².